The molecule has 2 N–H and O–H groups in total. The van der Waals surface area contributed by atoms with Crippen molar-refractivity contribution >= 4 is 16.7 Å². The number of nitrogens with zero attached hydrogens (tertiary/aromatic N) is 2. The summed E-state index contributed by atoms with van der Waals surface area (Å²) in [5.74, 6) is 0.114. The Kier molecular flexibility index (Phi) is 7.17. The molecule has 1 amide bonds. The topological polar surface area (TPSA) is 73.2 Å². The van der Waals surface area contributed by atoms with Crippen molar-refractivity contribution in [1.82, 2.24) is 9.21 Å². The Hall–Kier alpha value is -1.90. The second-order valence-corrected chi connectivity index (χ2v) is 11.7. The summed E-state index contributed by atoms with van der Waals surface area (Å²) in [5.41, 5.74) is 2.45. The summed E-state index contributed by atoms with van der Waals surface area (Å²) in [6.07, 6.45) is 3.02. The number of hydrogen-bond acceptors (Lipinski definition) is 5. The van der Waals surface area contributed by atoms with Gasteiger partial charge >= 0.3 is 0 Å². The van der Waals surface area contributed by atoms with Crippen LogP contribution >= 0.6 is 10.8 Å². The third kappa shape index (κ3) is 4.70. The number of ether oxygens (including phenoxy) is 1. The van der Waals surface area contributed by atoms with Crippen molar-refractivity contribution in [3.8, 4) is 0 Å². The normalized spacial score (nSPS) is 25.8. The summed E-state index contributed by atoms with van der Waals surface area (Å²) in [7, 11) is 0.634. The Morgan fingerprint density at radius 3 is 2.30 bits per heavy atom. The summed E-state index contributed by atoms with van der Waals surface area (Å²) in [6, 6.07) is 18.0. The van der Waals surface area contributed by atoms with Crippen molar-refractivity contribution in [2.75, 3.05) is 27.3 Å². The van der Waals surface area contributed by atoms with Gasteiger partial charge in [-0.25, -0.2) is 0 Å². The lowest BCUT2D eigenvalue weighted by Gasteiger charge is -2.54. The zero-order valence-corrected chi connectivity index (χ0v) is 20.6. The first kappa shape index (κ1) is 24.2. The number of benzene rings is 2. The van der Waals surface area contributed by atoms with E-state index in [0.717, 1.165) is 29.5 Å². The van der Waals surface area contributed by atoms with Crippen molar-refractivity contribution in [2.45, 2.75) is 55.9 Å². The van der Waals surface area contributed by atoms with Gasteiger partial charge in [-0.05, 0) is 49.3 Å². The molecule has 0 bridgehead atoms. The number of hydrogen-bond donors (Lipinski definition) is 2. The number of carbonyl (C=O) groups excluding carboxylic acids is 1. The molecule has 33 heavy (non-hydrogen) atoms. The van der Waals surface area contributed by atoms with E-state index in [1.165, 1.54) is 0 Å². The van der Waals surface area contributed by atoms with Gasteiger partial charge in [-0.3, -0.25) is 13.9 Å². The van der Waals surface area contributed by atoms with Gasteiger partial charge in [0.1, 0.15) is 0 Å². The molecule has 4 rings (SSSR count). The lowest BCUT2D eigenvalue weighted by Crippen LogP contribution is -2.47. The first-order chi connectivity index (χ1) is 15.8. The second kappa shape index (κ2) is 9.76. The van der Waals surface area contributed by atoms with E-state index in [4.69, 9.17) is 4.74 Å². The third-order valence-electron chi connectivity index (χ3n) is 7.24. The van der Waals surface area contributed by atoms with Gasteiger partial charge in [0.2, 0.25) is 5.91 Å². The Labute approximate surface area is 199 Å². The predicted molar refractivity (Wildman–Crippen MR) is 133 cm³/mol. The fourth-order valence-corrected chi connectivity index (χ4v) is 7.55. The largest absolute Gasteiger partial charge is 0.381 e. The first-order valence-electron chi connectivity index (χ1n) is 11.7. The Morgan fingerprint density at radius 2 is 1.70 bits per heavy atom. The standard InChI is InChI=1S/C26H36N2O4S/c1-20-9-14-24(22-7-5-4-6-8-22)33(30,31)28(20)19-21-10-12-23(13-11-21)26(25(29)27(2)3)15-17-32-18-16-26/h4-8,10-13,20,24,30-31H,9,14-19H2,1-3H3/t20-,24+/m0/s1. The molecule has 0 aliphatic carbocycles. The molecule has 0 aromatic heterocycles. The monoisotopic (exact) mass is 472 g/mol. The lowest BCUT2D eigenvalue weighted by atomic mass is 9.73. The molecule has 0 saturated carbocycles. The molecule has 2 saturated heterocycles. The Balaban J connectivity index is 1.57. The van der Waals surface area contributed by atoms with Crippen LogP contribution in [0.4, 0.5) is 0 Å². The number of rotatable bonds is 5. The molecule has 2 heterocycles. The quantitative estimate of drug-likeness (QED) is 0.625. The molecular formula is C26H36N2O4S. The molecule has 6 nitrogen and oxygen atoms in total. The highest BCUT2D eigenvalue weighted by atomic mass is 32.3. The van der Waals surface area contributed by atoms with Crippen molar-refractivity contribution in [1.29, 1.82) is 0 Å². The molecule has 180 valence electrons. The van der Waals surface area contributed by atoms with E-state index >= 15 is 0 Å². The summed E-state index contributed by atoms with van der Waals surface area (Å²) >= 11 is 0. The molecule has 0 radical (unpaired) electrons. The van der Waals surface area contributed by atoms with Gasteiger partial charge in [0.25, 0.3) is 0 Å². The van der Waals surface area contributed by atoms with Crippen molar-refractivity contribution in [3.63, 3.8) is 0 Å². The molecular weight excluding hydrogens is 436 g/mol. The summed E-state index contributed by atoms with van der Waals surface area (Å²) in [5, 5.41) is -0.280. The van der Waals surface area contributed by atoms with E-state index < -0.39 is 16.2 Å². The van der Waals surface area contributed by atoms with Gasteiger partial charge in [-0.2, -0.15) is 4.31 Å². The highest BCUT2D eigenvalue weighted by molar-refractivity contribution is 8.22. The highest BCUT2D eigenvalue weighted by Crippen LogP contribution is 2.62. The minimum Gasteiger partial charge on any atom is -0.381 e. The van der Waals surface area contributed by atoms with Crippen LogP contribution in [0.15, 0.2) is 54.6 Å². The highest BCUT2D eigenvalue weighted by Gasteiger charge is 2.43. The first-order valence-corrected chi connectivity index (χ1v) is 13.3. The van der Waals surface area contributed by atoms with E-state index in [1.54, 1.807) is 19.0 Å². The van der Waals surface area contributed by atoms with Crippen LogP contribution in [0.25, 0.3) is 0 Å². The number of likely N-dealkylation sites (N-methyl/N-ethyl adjacent to an activating group) is 1. The van der Waals surface area contributed by atoms with Gasteiger partial charge in [0.05, 0.1) is 10.7 Å². The molecule has 2 aromatic carbocycles. The average Bonchev–Trinajstić information content (AvgIpc) is 2.82. The van der Waals surface area contributed by atoms with E-state index in [0.29, 0.717) is 32.6 Å². The van der Waals surface area contributed by atoms with Crippen LogP contribution in [0.2, 0.25) is 0 Å². The maximum absolute atomic E-state index is 13.1. The maximum atomic E-state index is 13.1. The molecule has 0 unspecified atom stereocenters. The number of amides is 1. The fourth-order valence-electron chi connectivity index (χ4n) is 5.27. The van der Waals surface area contributed by atoms with Gasteiger partial charge in [-0.15, -0.1) is 10.8 Å². The molecule has 0 spiro atoms. The SMILES string of the molecule is C[C@H]1CC[C@H](c2ccccc2)S(O)(O)N1Cc1ccc(C2(C(=O)N(C)C)CCOCC2)cc1. The summed E-state index contributed by atoms with van der Waals surface area (Å²) in [4.78, 5) is 14.8. The van der Waals surface area contributed by atoms with E-state index in [9.17, 15) is 13.9 Å². The van der Waals surface area contributed by atoms with Crippen LogP contribution in [0.3, 0.4) is 0 Å². The van der Waals surface area contributed by atoms with Gasteiger partial charge in [0, 0.05) is 39.9 Å². The third-order valence-corrected chi connectivity index (χ3v) is 9.69. The van der Waals surface area contributed by atoms with Crippen LogP contribution in [0.1, 0.15) is 54.5 Å². The van der Waals surface area contributed by atoms with Gasteiger partial charge in [-0.1, -0.05) is 54.6 Å². The predicted octanol–water partition coefficient (Wildman–Crippen LogP) is 5.21. The Bertz CT molecular complexity index is 943. The van der Waals surface area contributed by atoms with Gasteiger partial charge < -0.3 is 9.64 Å². The molecule has 2 fully saturated rings. The Morgan fingerprint density at radius 1 is 1.06 bits per heavy atom. The molecule has 7 heteroatoms. The zero-order valence-electron chi connectivity index (χ0n) is 19.8. The van der Waals surface area contributed by atoms with Crippen LogP contribution in [-0.4, -0.2) is 57.6 Å². The van der Waals surface area contributed by atoms with Crippen LogP contribution in [0, 0.1) is 0 Å². The van der Waals surface area contributed by atoms with E-state index in [2.05, 4.69) is 6.92 Å². The van der Waals surface area contributed by atoms with Crippen molar-refractivity contribution < 1.29 is 18.6 Å². The van der Waals surface area contributed by atoms with Crippen LogP contribution < -0.4 is 0 Å². The van der Waals surface area contributed by atoms with Crippen molar-refractivity contribution in [3.05, 3.63) is 71.3 Å². The van der Waals surface area contributed by atoms with Crippen LogP contribution in [0.5, 0.6) is 0 Å². The van der Waals surface area contributed by atoms with E-state index in [-0.39, 0.29) is 17.2 Å². The average molecular weight is 473 g/mol. The number of carbonyl (C=O) groups is 1. The molecule has 2 aliphatic heterocycles. The minimum absolute atomic E-state index is 0.0757. The second-order valence-electron chi connectivity index (χ2n) is 9.55. The smallest absolute Gasteiger partial charge is 0.232 e. The summed E-state index contributed by atoms with van der Waals surface area (Å²) < 4.78 is 30.1. The fraction of sp³-hybridized carbons (Fsp3) is 0.500. The van der Waals surface area contributed by atoms with Gasteiger partial charge in [0.15, 0.2) is 0 Å². The maximum Gasteiger partial charge on any atom is 0.232 e. The van der Waals surface area contributed by atoms with Crippen molar-refractivity contribution in [2.24, 2.45) is 0 Å². The molecule has 2 aromatic rings. The zero-order chi connectivity index (χ0) is 23.6. The van der Waals surface area contributed by atoms with E-state index in [1.807, 2.05) is 58.9 Å². The summed E-state index contributed by atoms with van der Waals surface area (Å²) in [6.45, 7) is 3.68. The molecule has 2 atom stereocenters. The van der Waals surface area contributed by atoms with Crippen LogP contribution in [-0.2, 0) is 21.5 Å². The lowest BCUT2D eigenvalue weighted by molar-refractivity contribution is -0.138. The minimum atomic E-state index is -2.98. The molecule has 2 aliphatic rings.